The molecule has 0 unspecified atom stereocenters. The standard InChI is InChI=1S/C9H17N/c1-8-5-6-9-4-2-3-7-10(8)9/h8-9H,2-7H2,1H3/t8-,9+/m1/s1. The number of nitrogens with zero attached hydrogens (tertiary/aromatic N) is 1. The monoisotopic (exact) mass is 139 g/mol. The summed E-state index contributed by atoms with van der Waals surface area (Å²) in [7, 11) is 0. The van der Waals surface area contributed by atoms with Gasteiger partial charge in [-0.2, -0.15) is 0 Å². The number of rotatable bonds is 0. The molecule has 0 spiro atoms. The van der Waals surface area contributed by atoms with Gasteiger partial charge in [0.15, 0.2) is 0 Å². The number of piperidine rings is 1. The Balaban J connectivity index is 2.01. The molecular formula is C9H17N. The Kier molecular flexibility index (Phi) is 1.69. The number of hydrogen-bond donors (Lipinski definition) is 0. The minimum absolute atomic E-state index is 0.894. The van der Waals surface area contributed by atoms with Gasteiger partial charge in [0.05, 0.1) is 0 Å². The largest absolute Gasteiger partial charge is 0.298 e. The summed E-state index contributed by atoms with van der Waals surface area (Å²) in [6.45, 7) is 3.76. The molecular weight excluding hydrogens is 122 g/mol. The van der Waals surface area contributed by atoms with Gasteiger partial charge in [0.1, 0.15) is 0 Å². The smallest absolute Gasteiger partial charge is 0.00986 e. The molecule has 10 heavy (non-hydrogen) atoms. The highest BCUT2D eigenvalue weighted by atomic mass is 15.2. The average Bonchev–Trinajstić information content (AvgIpc) is 2.34. The Hall–Kier alpha value is -0.0400. The molecule has 1 nitrogen and oxygen atoms in total. The summed E-state index contributed by atoms with van der Waals surface area (Å²) in [5.74, 6) is 0. The fourth-order valence-corrected chi connectivity index (χ4v) is 2.51. The third kappa shape index (κ3) is 0.968. The van der Waals surface area contributed by atoms with Crippen molar-refractivity contribution in [3.63, 3.8) is 0 Å². The topological polar surface area (TPSA) is 3.24 Å². The van der Waals surface area contributed by atoms with Crippen LogP contribution in [0.25, 0.3) is 0 Å². The Labute approximate surface area is 63.4 Å². The summed E-state index contributed by atoms with van der Waals surface area (Å²) >= 11 is 0. The molecule has 58 valence electrons. The Morgan fingerprint density at radius 3 is 2.80 bits per heavy atom. The fourth-order valence-electron chi connectivity index (χ4n) is 2.51. The van der Waals surface area contributed by atoms with E-state index in [4.69, 9.17) is 0 Å². The summed E-state index contributed by atoms with van der Waals surface area (Å²) in [4.78, 5) is 2.71. The first-order valence-corrected chi connectivity index (χ1v) is 4.63. The van der Waals surface area contributed by atoms with E-state index < -0.39 is 0 Å². The van der Waals surface area contributed by atoms with E-state index in [0.717, 1.165) is 12.1 Å². The minimum atomic E-state index is 0.894. The third-order valence-electron chi connectivity index (χ3n) is 3.16. The van der Waals surface area contributed by atoms with Gasteiger partial charge in [0.25, 0.3) is 0 Å². The first kappa shape index (κ1) is 6.66. The Bertz CT molecular complexity index is 120. The van der Waals surface area contributed by atoms with Crippen molar-refractivity contribution in [3.05, 3.63) is 0 Å². The van der Waals surface area contributed by atoms with E-state index >= 15 is 0 Å². The lowest BCUT2D eigenvalue weighted by molar-refractivity contribution is 0.158. The molecule has 0 amide bonds. The van der Waals surface area contributed by atoms with Crippen LogP contribution in [-0.2, 0) is 0 Å². The molecule has 0 radical (unpaired) electrons. The predicted molar refractivity (Wildman–Crippen MR) is 43.0 cm³/mol. The van der Waals surface area contributed by atoms with Gasteiger partial charge in [-0.3, -0.25) is 4.90 Å². The van der Waals surface area contributed by atoms with Crippen molar-refractivity contribution in [1.29, 1.82) is 0 Å². The zero-order valence-electron chi connectivity index (χ0n) is 6.84. The van der Waals surface area contributed by atoms with Gasteiger partial charge < -0.3 is 0 Å². The van der Waals surface area contributed by atoms with E-state index in [1.54, 1.807) is 0 Å². The van der Waals surface area contributed by atoms with Crippen LogP contribution in [0.3, 0.4) is 0 Å². The van der Waals surface area contributed by atoms with Crippen molar-refractivity contribution in [1.82, 2.24) is 4.90 Å². The molecule has 2 fully saturated rings. The molecule has 0 aliphatic carbocycles. The first-order valence-electron chi connectivity index (χ1n) is 4.63. The Morgan fingerprint density at radius 2 is 2.00 bits per heavy atom. The van der Waals surface area contributed by atoms with Crippen LogP contribution in [0.4, 0.5) is 0 Å². The van der Waals surface area contributed by atoms with Crippen LogP contribution in [0.1, 0.15) is 39.0 Å². The van der Waals surface area contributed by atoms with Crippen LogP contribution in [0.15, 0.2) is 0 Å². The summed E-state index contributed by atoms with van der Waals surface area (Å²) in [6.07, 6.45) is 7.32. The van der Waals surface area contributed by atoms with Crippen LogP contribution < -0.4 is 0 Å². The number of hydrogen-bond acceptors (Lipinski definition) is 1. The quantitative estimate of drug-likeness (QED) is 0.496. The van der Waals surface area contributed by atoms with E-state index in [0.29, 0.717) is 0 Å². The van der Waals surface area contributed by atoms with Gasteiger partial charge in [-0.05, 0) is 39.2 Å². The second-order valence-corrected chi connectivity index (χ2v) is 3.81. The third-order valence-corrected chi connectivity index (χ3v) is 3.16. The highest BCUT2D eigenvalue weighted by Gasteiger charge is 2.31. The van der Waals surface area contributed by atoms with Crippen molar-refractivity contribution in [2.45, 2.75) is 51.1 Å². The SMILES string of the molecule is C[C@@H]1CC[C@@H]2CCCCN21. The molecule has 2 aliphatic heterocycles. The lowest BCUT2D eigenvalue weighted by Gasteiger charge is -2.32. The highest BCUT2D eigenvalue weighted by molar-refractivity contribution is 4.87. The van der Waals surface area contributed by atoms with Gasteiger partial charge in [-0.25, -0.2) is 0 Å². The van der Waals surface area contributed by atoms with E-state index in [-0.39, 0.29) is 0 Å². The van der Waals surface area contributed by atoms with Crippen LogP contribution in [-0.4, -0.2) is 23.5 Å². The summed E-state index contributed by atoms with van der Waals surface area (Å²) < 4.78 is 0. The van der Waals surface area contributed by atoms with Crippen LogP contribution >= 0.6 is 0 Å². The average molecular weight is 139 g/mol. The Morgan fingerprint density at radius 1 is 1.10 bits per heavy atom. The van der Waals surface area contributed by atoms with Gasteiger partial charge in [0, 0.05) is 12.1 Å². The van der Waals surface area contributed by atoms with Crippen molar-refractivity contribution in [2.24, 2.45) is 0 Å². The predicted octanol–water partition coefficient (Wildman–Crippen LogP) is 2.02. The van der Waals surface area contributed by atoms with E-state index in [1.807, 2.05) is 0 Å². The molecule has 0 aromatic carbocycles. The zero-order chi connectivity index (χ0) is 6.97. The van der Waals surface area contributed by atoms with Gasteiger partial charge >= 0.3 is 0 Å². The van der Waals surface area contributed by atoms with Crippen molar-refractivity contribution < 1.29 is 0 Å². The summed E-state index contributed by atoms with van der Waals surface area (Å²) in [6, 6.07) is 1.87. The first-order chi connectivity index (χ1) is 4.88. The highest BCUT2D eigenvalue weighted by Crippen LogP contribution is 2.30. The van der Waals surface area contributed by atoms with Gasteiger partial charge in [-0.1, -0.05) is 6.42 Å². The van der Waals surface area contributed by atoms with Gasteiger partial charge in [-0.15, -0.1) is 0 Å². The molecule has 2 atom stereocenters. The van der Waals surface area contributed by atoms with Crippen LogP contribution in [0.5, 0.6) is 0 Å². The van der Waals surface area contributed by atoms with E-state index in [1.165, 1.54) is 38.6 Å². The summed E-state index contributed by atoms with van der Waals surface area (Å²) in [5, 5.41) is 0. The molecule has 1 heteroatoms. The normalized spacial score (nSPS) is 41.7. The molecule has 0 saturated carbocycles. The van der Waals surface area contributed by atoms with Crippen LogP contribution in [0.2, 0.25) is 0 Å². The second-order valence-electron chi connectivity index (χ2n) is 3.81. The molecule has 2 saturated heterocycles. The van der Waals surface area contributed by atoms with Crippen molar-refractivity contribution in [2.75, 3.05) is 6.54 Å². The molecule has 0 N–H and O–H groups in total. The minimum Gasteiger partial charge on any atom is -0.298 e. The molecule has 0 aromatic rings. The number of fused-ring (bicyclic) bond motifs is 1. The molecule has 2 rings (SSSR count). The maximum atomic E-state index is 2.71. The van der Waals surface area contributed by atoms with Gasteiger partial charge in [0.2, 0.25) is 0 Å². The molecule has 2 heterocycles. The zero-order valence-corrected chi connectivity index (χ0v) is 6.84. The fraction of sp³-hybridized carbons (Fsp3) is 1.00. The molecule has 0 aromatic heterocycles. The van der Waals surface area contributed by atoms with Crippen LogP contribution in [0, 0.1) is 0 Å². The lowest BCUT2D eigenvalue weighted by atomic mass is 10.0. The summed E-state index contributed by atoms with van der Waals surface area (Å²) in [5.41, 5.74) is 0. The van der Waals surface area contributed by atoms with Crippen molar-refractivity contribution in [3.8, 4) is 0 Å². The van der Waals surface area contributed by atoms with E-state index in [2.05, 4.69) is 11.8 Å². The lowest BCUT2D eigenvalue weighted by Crippen LogP contribution is -2.38. The van der Waals surface area contributed by atoms with Crippen molar-refractivity contribution >= 4 is 0 Å². The maximum absolute atomic E-state index is 2.71. The second kappa shape index (κ2) is 2.54. The maximum Gasteiger partial charge on any atom is 0.00986 e. The van der Waals surface area contributed by atoms with E-state index in [9.17, 15) is 0 Å². The molecule has 0 bridgehead atoms. The molecule has 2 aliphatic rings.